The van der Waals surface area contributed by atoms with Crippen LogP contribution in [0.2, 0.25) is 5.02 Å². The van der Waals surface area contributed by atoms with Crippen LogP contribution in [0.1, 0.15) is 5.56 Å². The van der Waals surface area contributed by atoms with E-state index in [0.717, 1.165) is 6.07 Å². The first kappa shape index (κ1) is 12.7. The molecule has 0 heterocycles. The van der Waals surface area contributed by atoms with Crippen molar-refractivity contribution >= 4 is 31.3 Å². The first-order valence-electron chi connectivity index (χ1n) is 3.85. The SMILES string of the molecule is O=S(=O)(Cl)CCc1cc(Cl)cc(F)c1F. The fraction of sp³-hybridized carbons (Fsp3) is 0.250. The van der Waals surface area contributed by atoms with Crippen LogP contribution in [0.25, 0.3) is 0 Å². The van der Waals surface area contributed by atoms with E-state index in [1.807, 2.05) is 0 Å². The van der Waals surface area contributed by atoms with Crippen molar-refractivity contribution in [2.75, 3.05) is 5.75 Å². The Labute approximate surface area is 95.2 Å². The van der Waals surface area contributed by atoms with Gasteiger partial charge in [0.25, 0.3) is 0 Å². The molecule has 1 aromatic carbocycles. The molecule has 2 nitrogen and oxygen atoms in total. The Morgan fingerprint density at radius 3 is 2.40 bits per heavy atom. The summed E-state index contributed by atoms with van der Waals surface area (Å²) in [6, 6.07) is 1.98. The molecule has 1 aromatic rings. The third-order valence-corrected chi connectivity index (χ3v) is 3.06. The van der Waals surface area contributed by atoms with Crippen LogP contribution in [-0.2, 0) is 15.5 Å². The molecule has 84 valence electrons. The molecule has 0 aliphatic carbocycles. The third kappa shape index (κ3) is 3.93. The van der Waals surface area contributed by atoms with Gasteiger partial charge in [0.1, 0.15) is 0 Å². The lowest BCUT2D eigenvalue weighted by Crippen LogP contribution is -2.04. The molecule has 15 heavy (non-hydrogen) atoms. The van der Waals surface area contributed by atoms with Crippen molar-refractivity contribution in [3.05, 3.63) is 34.4 Å². The normalized spacial score (nSPS) is 11.7. The average Bonchev–Trinajstić information content (AvgIpc) is 2.07. The summed E-state index contributed by atoms with van der Waals surface area (Å²) in [5.74, 6) is -2.67. The van der Waals surface area contributed by atoms with Crippen LogP contribution >= 0.6 is 22.3 Å². The molecule has 1 rings (SSSR count). The standard InChI is InChI=1S/C8H6Cl2F2O2S/c9-6-3-5(1-2-15(10,13)14)8(12)7(11)4-6/h3-4H,1-2H2. The lowest BCUT2D eigenvalue weighted by molar-refractivity contribution is 0.500. The van der Waals surface area contributed by atoms with Gasteiger partial charge < -0.3 is 0 Å². The topological polar surface area (TPSA) is 34.1 Å². The third-order valence-electron chi connectivity index (χ3n) is 1.68. The van der Waals surface area contributed by atoms with Gasteiger partial charge in [0.05, 0.1) is 5.75 Å². The molecule has 0 N–H and O–H groups in total. The Bertz CT molecular complexity index is 474. The molecule has 0 amide bonds. The number of aryl methyl sites for hydroxylation is 1. The van der Waals surface area contributed by atoms with E-state index in [1.54, 1.807) is 0 Å². The summed E-state index contributed by atoms with van der Waals surface area (Å²) in [5, 5.41) is 0.0101. The number of hydrogen-bond acceptors (Lipinski definition) is 2. The molecule has 0 aliphatic rings. The summed E-state index contributed by atoms with van der Waals surface area (Å²) in [6.07, 6.45) is -0.213. The summed E-state index contributed by atoms with van der Waals surface area (Å²) in [6.45, 7) is 0. The van der Waals surface area contributed by atoms with Gasteiger partial charge in [-0.3, -0.25) is 0 Å². The molecule has 0 aromatic heterocycles. The zero-order chi connectivity index (χ0) is 11.6. The number of hydrogen-bond donors (Lipinski definition) is 0. The van der Waals surface area contributed by atoms with Crippen molar-refractivity contribution < 1.29 is 17.2 Å². The van der Waals surface area contributed by atoms with Gasteiger partial charge in [-0.15, -0.1) is 0 Å². The largest absolute Gasteiger partial charge is 0.232 e. The van der Waals surface area contributed by atoms with E-state index in [9.17, 15) is 17.2 Å². The van der Waals surface area contributed by atoms with Crippen molar-refractivity contribution in [1.82, 2.24) is 0 Å². The van der Waals surface area contributed by atoms with E-state index in [-0.39, 0.29) is 17.0 Å². The highest BCUT2D eigenvalue weighted by Gasteiger charge is 2.13. The molecule has 0 spiro atoms. The predicted molar refractivity (Wildman–Crippen MR) is 54.7 cm³/mol. The number of rotatable bonds is 3. The Balaban J connectivity index is 2.95. The van der Waals surface area contributed by atoms with Gasteiger partial charge in [0.2, 0.25) is 9.05 Å². The summed E-state index contributed by atoms with van der Waals surface area (Å²) < 4.78 is 47.1. The molecule has 0 aliphatic heterocycles. The molecule has 0 unspecified atom stereocenters. The highest BCUT2D eigenvalue weighted by Crippen LogP contribution is 2.19. The van der Waals surface area contributed by atoms with Gasteiger partial charge in [-0.1, -0.05) is 11.6 Å². The van der Waals surface area contributed by atoms with Crippen molar-refractivity contribution in [3.8, 4) is 0 Å². The van der Waals surface area contributed by atoms with Crippen molar-refractivity contribution in [2.45, 2.75) is 6.42 Å². The molecule has 0 bridgehead atoms. The van der Waals surface area contributed by atoms with Crippen molar-refractivity contribution in [2.24, 2.45) is 0 Å². The fourth-order valence-electron chi connectivity index (χ4n) is 1.02. The zero-order valence-electron chi connectivity index (χ0n) is 7.31. The van der Waals surface area contributed by atoms with E-state index < -0.39 is 26.4 Å². The molecule has 0 saturated carbocycles. The van der Waals surface area contributed by atoms with Gasteiger partial charge in [0.15, 0.2) is 11.6 Å². The smallest absolute Gasteiger partial charge is 0.212 e. The zero-order valence-corrected chi connectivity index (χ0v) is 9.63. The second kappa shape index (κ2) is 4.63. The maximum Gasteiger partial charge on any atom is 0.232 e. The second-order valence-electron chi connectivity index (χ2n) is 2.85. The van der Waals surface area contributed by atoms with Crippen molar-refractivity contribution in [1.29, 1.82) is 0 Å². The highest BCUT2D eigenvalue weighted by molar-refractivity contribution is 8.13. The molecule has 0 atom stereocenters. The molecule has 7 heteroatoms. The van der Waals surface area contributed by atoms with Crippen LogP contribution in [0.3, 0.4) is 0 Å². The average molecular weight is 275 g/mol. The van der Waals surface area contributed by atoms with Gasteiger partial charge in [0, 0.05) is 15.7 Å². The number of benzene rings is 1. The Hall–Kier alpha value is -0.390. The summed E-state index contributed by atoms with van der Waals surface area (Å²) >= 11 is 5.48. The van der Waals surface area contributed by atoms with Crippen LogP contribution in [0.5, 0.6) is 0 Å². The summed E-state index contributed by atoms with van der Waals surface area (Å²) in [4.78, 5) is 0. The number of halogens is 4. The summed E-state index contributed by atoms with van der Waals surface area (Å²) in [7, 11) is 1.21. The van der Waals surface area contributed by atoms with Crippen LogP contribution in [0.15, 0.2) is 12.1 Å². The lowest BCUT2D eigenvalue weighted by atomic mass is 10.1. The summed E-state index contributed by atoms with van der Waals surface area (Å²) in [5.41, 5.74) is -0.107. The molecule has 0 saturated heterocycles. The van der Waals surface area contributed by atoms with E-state index in [0.29, 0.717) is 0 Å². The predicted octanol–water partition coefficient (Wildman–Crippen LogP) is 2.73. The van der Waals surface area contributed by atoms with Crippen LogP contribution < -0.4 is 0 Å². The first-order valence-corrected chi connectivity index (χ1v) is 6.71. The van der Waals surface area contributed by atoms with Gasteiger partial charge in [-0.05, 0) is 24.1 Å². The fourth-order valence-corrected chi connectivity index (χ4v) is 1.95. The maximum atomic E-state index is 13.1. The monoisotopic (exact) mass is 274 g/mol. The van der Waals surface area contributed by atoms with Gasteiger partial charge >= 0.3 is 0 Å². The maximum absolute atomic E-state index is 13.1. The molecular weight excluding hydrogens is 269 g/mol. The van der Waals surface area contributed by atoms with E-state index in [1.165, 1.54) is 6.07 Å². The quantitative estimate of drug-likeness (QED) is 0.628. The van der Waals surface area contributed by atoms with Crippen LogP contribution in [0, 0.1) is 11.6 Å². The van der Waals surface area contributed by atoms with E-state index in [4.69, 9.17) is 22.3 Å². The van der Waals surface area contributed by atoms with E-state index >= 15 is 0 Å². The van der Waals surface area contributed by atoms with Crippen molar-refractivity contribution in [3.63, 3.8) is 0 Å². The second-order valence-corrected chi connectivity index (χ2v) is 6.19. The van der Waals surface area contributed by atoms with Crippen LogP contribution in [0.4, 0.5) is 8.78 Å². The molecule has 0 fully saturated rings. The minimum Gasteiger partial charge on any atom is -0.212 e. The Morgan fingerprint density at radius 1 is 1.27 bits per heavy atom. The Morgan fingerprint density at radius 2 is 1.87 bits per heavy atom. The highest BCUT2D eigenvalue weighted by atomic mass is 35.7. The van der Waals surface area contributed by atoms with Crippen LogP contribution in [-0.4, -0.2) is 14.2 Å². The molecular formula is C8H6Cl2F2O2S. The van der Waals surface area contributed by atoms with Gasteiger partial charge in [-0.25, -0.2) is 17.2 Å². The van der Waals surface area contributed by atoms with Gasteiger partial charge in [-0.2, -0.15) is 0 Å². The Kier molecular flexibility index (Phi) is 3.92. The minimum absolute atomic E-state index is 0.0101. The lowest BCUT2D eigenvalue weighted by Gasteiger charge is -2.03. The minimum atomic E-state index is -3.72. The van der Waals surface area contributed by atoms with E-state index in [2.05, 4.69) is 0 Å². The first-order chi connectivity index (χ1) is 6.79. The molecule has 0 radical (unpaired) electrons.